The molecule has 0 saturated heterocycles. The lowest BCUT2D eigenvalue weighted by atomic mass is 10.1. The third-order valence-electron chi connectivity index (χ3n) is 3.82. The number of amides is 1. The average molecular weight is 301 g/mol. The lowest BCUT2D eigenvalue weighted by molar-refractivity contribution is -0.122. The van der Waals surface area contributed by atoms with Crippen LogP contribution in [0.4, 0.5) is 5.69 Å². The first-order valence-electron chi connectivity index (χ1n) is 7.04. The van der Waals surface area contributed by atoms with Crippen molar-refractivity contribution in [2.24, 2.45) is 0 Å². The molecule has 1 aliphatic heterocycles. The lowest BCUT2D eigenvalue weighted by Gasteiger charge is -2.18. The van der Waals surface area contributed by atoms with Gasteiger partial charge in [-0.05, 0) is 30.2 Å². The second-order valence-electron chi connectivity index (χ2n) is 5.31. The van der Waals surface area contributed by atoms with Gasteiger partial charge < -0.3 is 10.6 Å². The molecule has 0 saturated carbocycles. The van der Waals surface area contributed by atoms with Crippen molar-refractivity contribution >= 4 is 23.2 Å². The zero-order chi connectivity index (χ0) is 14.8. The molecule has 21 heavy (non-hydrogen) atoms. The predicted octanol–water partition coefficient (Wildman–Crippen LogP) is 3.55. The maximum atomic E-state index is 12.4. The summed E-state index contributed by atoms with van der Waals surface area (Å²) in [6, 6.07) is 15.3. The van der Waals surface area contributed by atoms with E-state index in [0.717, 1.165) is 17.7 Å². The van der Waals surface area contributed by atoms with Crippen molar-refractivity contribution in [1.82, 2.24) is 5.32 Å². The van der Waals surface area contributed by atoms with E-state index in [1.54, 1.807) is 0 Å². The third-order valence-corrected chi connectivity index (χ3v) is 4.16. The van der Waals surface area contributed by atoms with Crippen LogP contribution in [0.2, 0.25) is 5.02 Å². The van der Waals surface area contributed by atoms with E-state index in [2.05, 4.69) is 10.6 Å². The van der Waals surface area contributed by atoms with Crippen molar-refractivity contribution in [3.8, 4) is 0 Å². The highest BCUT2D eigenvalue weighted by molar-refractivity contribution is 6.31. The van der Waals surface area contributed by atoms with Gasteiger partial charge >= 0.3 is 0 Å². The van der Waals surface area contributed by atoms with Crippen LogP contribution >= 0.6 is 11.6 Å². The van der Waals surface area contributed by atoms with Crippen LogP contribution in [0.15, 0.2) is 48.5 Å². The Morgan fingerprint density at radius 3 is 2.71 bits per heavy atom. The van der Waals surface area contributed by atoms with Crippen molar-refractivity contribution in [2.45, 2.75) is 25.4 Å². The molecule has 1 aliphatic rings. The maximum absolute atomic E-state index is 12.4. The summed E-state index contributed by atoms with van der Waals surface area (Å²) < 4.78 is 0. The van der Waals surface area contributed by atoms with Crippen LogP contribution < -0.4 is 10.6 Å². The quantitative estimate of drug-likeness (QED) is 0.910. The van der Waals surface area contributed by atoms with Crippen LogP contribution in [-0.4, -0.2) is 11.9 Å². The van der Waals surface area contributed by atoms with E-state index in [0.29, 0.717) is 5.02 Å². The molecule has 2 N–H and O–H groups in total. The largest absolute Gasteiger partial charge is 0.373 e. The van der Waals surface area contributed by atoms with Gasteiger partial charge in [-0.3, -0.25) is 4.79 Å². The Morgan fingerprint density at radius 1 is 1.24 bits per heavy atom. The Morgan fingerprint density at radius 2 is 1.95 bits per heavy atom. The van der Waals surface area contributed by atoms with Gasteiger partial charge in [-0.15, -0.1) is 0 Å². The molecule has 0 aliphatic carbocycles. The van der Waals surface area contributed by atoms with Crippen LogP contribution in [-0.2, 0) is 11.2 Å². The second kappa shape index (κ2) is 5.78. The summed E-state index contributed by atoms with van der Waals surface area (Å²) >= 11 is 6.17. The minimum atomic E-state index is -0.215. The van der Waals surface area contributed by atoms with Gasteiger partial charge in [0.05, 0.1) is 6.04 Å². The van der Waals surface area contributed by atoms with E-state index in [4.69, 9.17) is 11.6 Å². The Kier molecular flexibility index (Phi) is 3.84. The molecule has 1 amide bonds. The van der Waals surface area contributed by atoms with E-state index in [1.165, 1.54) is 5.56 Å². The average Bonchev–Trinajstić information content (AvgIpc) is 2.91. The van der Waals surface area contributed by atoms with Crippen LogP contribution in [0.3, 0.4) is 0 Å². The highest BCUT2D eigenvalue weighted by atomic mass is 35.5. The summed E-state index contributed by atoms with van der Waals surface area (Å²) in [6.45, 7) is 1.95. The molecule has 0 unspecified atom stereocenters. The van der Waals surface area contributed by atoms with Gasteiger partial charge in [0.15, 0.2) is 0 Å². The lowest BCUT2D eigenvalue weighted by Crippen LogP contribution is -2.39. The Labute approximate surface area is 129 Å². The second-order valence-corrected chi connectivity index (χ2v) is 5.72. The molecule has 1 heterocycles. The van der Waals surface area contributed by atoms with Crippen molar-refractivity contribution in [3.63, 3.8) is 0 Å². The summed E-state index contributed by atoms with van der Waals surface area (Å²) in [5.74, 6) is -0.00128. The normalized spacial score (nSPS) is 17.7. The standard InChI is InChI=1S/C17H17ClN2O/c1-11(13-7-3-4-8-14(13)18)19-17(21)16-10-12-6-2-5-9-15(12)20-16/h2-9,11,16,20H,10H2,1H3,(H,19,21)/t11-,16+/m1/s1. The van der Waals surface area contributed by atoms with E-state index < -0.39 is 0 Å². The summed E-state index contributed by atoms with van der Waals surface area (Å²) in [5.41, 5.74) is 3.16. The molecule has 2 aromatic rings. The van der Waals surface area contributed by atoms with Gasteiger partial charge in [-0.2, -0.15) is 0 Å². The Hall–Kier alpha value is -2.00. The molecule has 0 bridgehead atoms. The molecule has 4 heteroatoms. The van der Waals surface area contributed by atoms with Gasteiger partial charge in [-0.25, -0.2) is 0 Å². The first-order valence-corrected chi connectivity index (χ1v) is 7.42. The van der Waals surface area contributed by atoms with Crippen molar-refractivity contribution in [2.75, 3.05) is 5.32 Å². The first-order chi connectivity index (χ1) is 10.1. The van der Waals surface area contributed by atoms with Gasteiger partial charge in [-0.1, -0.05) is 48.0 Å². The van der Waals surface area contributed by atoms with E-state index in [9.17, 15) is 4.79 Å². The number of benzene rings is 2. The summed E-state index contributed by atoms with van der Waals surface area (Å²) in [6.07, 6.45) is 0.719. The SMILES string of the molecule is C[C@@H](NC(=O)[C@@H]1Cc2ccccc2N1)c1ccccc1Cl. The Balaban J connectivity index is 1.67. The fourth-order valence-corrected chi connectivity index (χ4v) is 2.97. The molecule has 2 atom stereocenters. The number of carbonyl (C=O) groups excluding carboxylic acids is 1. The molecule has 0 radical (unpaired) electrons. The number of rotatable bonds is 3. The maximum Gasteiger partial charge on any atom is 0.243 e. The number of hydrogen-bond acceptors (Lipinski definition) is 2. The van der Waals surface area contributed by atoms with Crippen molar-refractivity contribution in [1.29, 1.82) is 0 Å². The zero-order valence-electron chi connectivity index (χ0n) is 11.8. The molecule has 108 valence electrons. The number of hydrogen-bond donors (Lipinski definition) is 2. The van der Waals surface area contributed by atoms with Crippen LogP contribution in [0.5, 0.6) is 0 Å². The topological polar surface area (TPSA) is 41.1 Å². The van der Waals surface area contributed by atoms with E-state index in [1.807, 2.05) is 55.5 Å². The number of fused-ring (bicyclic) bond motifs is 1. The molecule has 0 spiro atoms. The monoisotopic (exact) mass is 300 g/mol. The number of halogens is 1. The number of nitrogens with one attached hydrogen (secondary N) is 2. The minimum absolute atomic E-state index is 0.00128. The van der Waals surface area contributed by atoms with Gasteiger partial charge in [0, 0.05) is 17.1 Å². The van der Waals surface area contributed by atoms with Gasteiger partial charge in [0.2, 0.25) is 5.91 Å². The highest BCUT2D eigenvalue weighted by Gasteiger charge is 2.27. The van der Waals surface area contributed by atoms with Crippen LogP contribution in [0.25, 0.3) is 0 Å². The summed E-state index contributed by atoms with van der Waals surface area (Å²) in [7, 11) is 0. The Bertz CT molecular complexity index is 646. The van der Waals surface area contributed by atoms with Crippen molar-refractivity contribution < 1.29 is 4.79 Å². The fourth-order valence-electron chi connectivity index (χ4n) is 2.67. The number of carbonyl (C=O) groups is 1. The van der Waals surface area contributed by atoms with Crippen LogP contribution in [0.1, 0.15) is 24.1 Å². The van der Waals surface area contributed by atoms with E-state index >= 15 is 0 Å². The highest BCUT2D eigenvalue weighted by Crippen LogP contribution is 2.26. The minimum Gasteiger partial charge on any atom is -0.373 e. The van der Waals surface area contributed by atoms with Gasteiger partial charge in [0.1, 0.15) is 6.04 Å². The number of para-hydroxylation sites is 1. The fraction of sp³-hybridized carbons (Fsp3) is 0.235. The van der Waals surface area contributed by atoms with Crippen molar-refractivity contribution in [3.05, 3.63) is 64.7 Å². The molecule has 0 aromatic heterocycles. The molecular weight excluding hydrogens is 284 g/mol. The molecule has 3 nitrogen and oxygen atoms in total. The molecule has 2 aromatic carbocycles. The van der Waals surface area contributed by atoms with Crippen LogP contribution in [0, 0.1) is 0 Å². The third kappa shape index (κ3) is 2.88. The smallest absolute Gasteiger partial charge is 0.243 e. The first kappa shape index (κ1) is 14.0. The van der Waals surface area contributed by atoms with E-state index in [-0.39, 0.29) is 18.0 Å². The summed E-state index contributed by atoms with van der Waals surface area (Å²) in [5, 5.41) is 6.96. The predicted molar refractivity (Wildman–Crippen MR) is 85.6 cm³/mol. The molecular formula is C17H17ClN2O. The molecule has 3 rings (SSSR count). The zero-order valence-corrected chi connectivity index (χ0v) is 12.5. The molecule has 0 fully saturated rings. The summed E-state index contributed by atoms with van der Waals surface area (Å²) in [4.78, 5) is 12.4. The van der Waals surface area contributed by atoms with Gasteiger partial charge in [0.25, 0.3) is 0 Å². The number of anilines is 1.